The Labute approximate surface area is 353 Å². The number of aliphatic hydroxyl groups is 1. The summed E-state index contributed by atoms with van der Waals surface area (Å²) in [6, 6.07) is 2.56. The highest BCUT2D eigenvalue weighted by atomic mass is 35.5. The number of Topliss-reactive ketones (excluding diaryl/α,β-unsaturated/α-hetero) is 2. The fourth-order valence-corrected chi connectivity index (χ4v) is 9.70. The van der Waals surface area contributed by atoms with Crippen LogP contribution in [0.5, 0.6) is 0 Å². The number of rotatable bonds is 11. The molecule has 0 radical (unpaired) electrons. The second-order valence-electron chi connectivity index (χ2n) is 17.4. The smallest absolute Gasteiger partial charge is 0.410 e. The normalized spacial score (nSPS) is 36.3. The molecule has 3 saturated heterocycles. The highest BCUT2D eigenvalue weighted by Gasteiger charge is 2.60. The molecule has 328 valence electrons. The Morgan fingerprint density at radius 2 is 1.71 bits per heavy atom. The van der Waals surface area contributed by atoms with Crippen LogP contribution in [0.15, 0.2) is 30.9 Å². The van der Waals surface area contributed by atoms with Crippen LogP contribution < -0.4 is 0 Å². The topological polar surface area (TPSA) is 172 Å². The van der Waals surface area contributed by atoms with E-state index in [2.05, 4.69) is 9.97 Å². The summed E-state index contributed by atoms with van der Waals surface area (Å²) in [4.78, 5) is 69.0. The molecule has 0 aromatic carbocycles. The molecule has 1 amide bonds. The average molecular weight is 846 g/mol. The van der Waals surface area contributed by atoms with Gasteiger partial charge in [0.15, 0.2) is 17.7 Å². The number of likely N-dealkylation sites (N-methyl/N-ethyl adjacent to an activating group) is 1. The van der Waals surface area contributed by atoms with Crippen molar-refractivity contribution in [2.75, 3.05) is 27.7 Å². The molecule has 3 aliphatic heterocycles. The first kappa shape index (κ1) is 46.6. The lowest BCUT2D eigenvalue weighted by atomic mass is 9.73. The Morgan fingerprint density at radius 3 is 2.36 bits per heavy atom. The lowest BCUT2D eigenvalue weighted by molar-refractivity contribution is -0.295. The molecular weight excluding hydrogens is 782 g/mol. The second kappa shape index (κ2) is 19.1. The van der Waals surface area contributed by atoms with Gasteiger partial charge in [0.2, 0.25) is 0 Å². The lowest BCUT2D eigenvalue weighted by Gasteiger charge is -2.47. The van der Waals surface area contributed by atoms with Crippen LogP contribution in [-0.2, 0) is 44.6 Å². The first-order chi connectivity index (χ1) is 27.8. The van der Waals surface area contributed by atoms with E-state index in [1.165, 1.54) is 14.0 Å². The number of imidazole rings is 1. The number of amides is 1. The van der Waals surface area contributed by atoms with Crippen molar-refractivity contribution in [2.24, 2.45) is 23.7 Å². The highest BCUT2D eigenvalue weighted by Crippen LogP contribution is 2.43. The van der Waals surface area contributed by atoms with Crippen LogP contribution in [0, 0.1) is 23.7 Å². The first-order valence-corrected chi connectivity index (χ1v) is 21.3. The quantitative estimate of drug-likeness (QED) is 0.129. The highest BCUT2D eigenvalue weighted by molar-refractivity contribution is 6.32. The molecule has 15 nitrogen and oxygen atoms in total. The van der Waals surface area contributed by atoms with E-state index in [1.807, 2.05) is 49.7 Å². The number of carbonyl (C=O) groups excluding carboxylic acids is 4. The van der Waals surface area contributed by atoms with Gasteiger partial charge in [0, 0.05) is 62.0 Å². The molecule has 13 atom stereocenters. The Kier molecular flexibility index (Phi) is 15.1. The summed E-state index contributed by atoms with van der Waals surface area (Å²) in [5, 5.41) is 11.8. The Balaban J connectivity index is 1.43. The van der Waals surface area contributed by atoms with Crippen molar-refractivity contribution in [1.29, 1.82) is 0 Å². The van der Waals surface area contributed by atoms with Crippen LogP contribution in [0.3, 0.4) is 0 Å². The number of cyclic esters (lactones) is 1. The molecule has 16 heteroatoms. The van der Waals surface area contributed by atoms with Gasteiger partial charge in [0.25, 0.3) is 0 Å². The van der Waals surface area contributed by atoms with Crippen LogP contribution in [0.25, 0.3) is 11.3 Å². The molecular formula is C43H64ClN5O10. The Morgan fingerprint density at radius 1 is 1.02 bits per heavy atom. The van der Waals surface area contributed by atoms with Crippen molar-refractivity contribution in [3.8, 4) is 11.3 Å². The van der Waals surface area contributed by atoms with Crippen molar-refractivity contribution in [3.05, 3.63) is 36.0 Å². The van der Waals surface area contributed by atoms with Crippen LogP contribution in [0.1, 0.15) is 87.5 Å². The molecule has 0 aliphatic carbocycles. The summed E-state index contributed by atoms with van der Waals surface area (Å²) >= 11 is 6.28. The number of hydrogen-bond donors (Lipinski definition) is 1. The van der Waals surface area contributed by atoms with Gasteiger partial charge in [-0.15, -0.1) is 0 Å². The van der Waals surface area contributed by atoms with E-state index in [0.29, 0.717) is 36.7 Å². The van der Waals surface area contributed by atoms with Gasteiger partial charge in [-0.25, -0.2) is 14.8 Å². The summed E-state index contributed by atoms with van der Waals surface area (Å²) in [6.45, 7) is 14.8. The summed E-state index contributed by atoms with van der Waals surface area (Å²) in [5.41, 5.74) is -1.27. The number of carbonyl (C=O) groups is 4. The van der Waals surface area contributed by atoms with Crippen molar-refractivity contribution < 1.29 is 48.0 Å². The van der Waals surface area contributed by atoms with Crippen LogP contribution in [-0.4, -0.2) is 135 Å². The minimum absolute atomic E-state index is 0.121. The number of esters is 1. The fourth-order valence-electron chi connectivity index (χ4n) is 9.48. The van der Waals surface area contributed by atoms with Gasteiger partial charge in [0.1, 0.15) is 29.1 Å². The molecule has 3 fully saturated rings. The Hall–Kier alpha value is -3.47. The third-order valence-corrected chi connectivity index (χ3v) is 13.2. The van der Waals surface area contributed by atoms with Crippen molar-refractivity contribution in [1.82, 2.24) is 24.3 Å². The standard InChI is InChI=1S/C43H64ClN5O10/c1-12-32-43(8)36(49(41(54)59-43)19-14-13-18-48-22-30(46-23-48)29-16-15-17-45-38(29)44)26(4)33(50)24(2)21-42(7,55-11)37(27(5)34(51)28(6)39(53)57-32)58-40-35(52)31(47(9)10)20-25(3)56-40/h15-17,22-28,31-32,35-37,40,52H,12-14,18-21H2,1-11H3/t24-,25-,26+,27+,28-,31+,32-,35-,36-,37?,40?,42+,43-/m1/s1. The number of unbranched alkanes of at least 4 members (excludes halogenated alkanes) is 1. The number of ether oxygens (including phenoxy) is 5. The van der Waals surface area contributed by atoms with Gasteiger partial charge in [-0.2, -0.15) is 0 Å². The van der Waals surface area contributed by atoms with Gasteiger partial charge in [-0.05, 0) is 86.0 Å². The van der Waals surface area contributed by atoms with E-state index in [9.17, 15) is 24.3 Å². The van der Waals surface area contributed by atoms with Gasteiger partial charge in [-0.3, -0.25) is 14.4 Å². The third kappa shape index (κ3) is 9.70. The van der Waals surface area contributed by atoms with Gasteiger partial charge in [-0.1, -0.05) is 39.3 Å². The monoisotopic (exact) mass is 845 g/mol. The molecule has 1 N–H and O–H groups in total. The van der Waals surface area contributed by atoms with Crippen LogP contribution in [0.2, 0.25) is 5.15 Å². The molecule has 2 aromatic heterocycles. The molecule has 59 heavy (non-hydrogen) atoms. The van der Waals surface area contributed by atoms with E-state index in [0.717, 1.165) is 5.56 Å². The molecule has 3 aliphatic rings. The maximum atomic E-state index is 14.7. The number of methoxy groups -OCH3 is 1. The molecule has 0 saturated carbocycles. The maximum absolute atomic E-state index is 14.7. The zero-order valence-corrected chi connectivity index (χ0v) is 37.2. The number of nitrogens with zero attached hydrogens (tertiary/aromatic N) is 5. The Bertz CT molecular complexity index is 1810. The van der Waals surface area contributed by atoms with Crippen molar-refractivity contribution >= 4 is 35.2 Å². The second-order valence-corrected chi connectivity index (χ2v) is 17.8. The number of hydrogen-bond acceptors (Lipinski definition) is 13. The fraction of sp³-hybridized carbons (Fsp3) is 0.721. The van der Waals surface area contributed by atoms with Crippen LogP contribution in [0.4, 0.5) is 4.79 Å². The van der Waals surface area contributed by atoms with Crippen LogP contribution >= 0.6 is 11.6 Å². The predicted molar refractivity (Wildman–Crippen MR) is 219 cm³/mol. The van der Waals surface area contributed by atoms with Crippen molar-refractivity contribution in [3.63, 3.8) is 0 Å². The molecule has 2 aromatic rings. The van der Waals surface area contributed by atoms with Crippen molar-refractivity contribution in [2.45, 2.75) is 148 Å². The zero-order valence-electron chi connectivity index (χ0n) is 36.4. The van der Waals surface area contributed by atoms with E-state index >= 15 is 0 Å². The van der Waals surface area contributed by atoms with E-state index in [4.69, 9.17) is 35.3 Å². The average Bonchev–Trinajstić information content (AvgIpc) is 3.77. The lowest BCUT2D eigenvalue weighted by Crippen LogP contribution is -2.60. The number of aromatic nitrogens is 3. The van der Waals surface area contributed by atoms with Gasteiger partial charge < -0.3 is 43.2 Å². The van der Waals surface area contributed by atoms with E-state index in [-0.39, 0.29) is 37.3 Å². The number of pyridine rings is 1. The first-order valence-electron chi connectivity index (χ1n) is 20.9. The number of halogens is 1. The molecule has 0 bridgehead atoms. The summed E-state index contributed by atoms with van der Waals surface area (Å²) < 4.78 is 33.2. The number of aryl methyl sites for hydroxylation is 1. The molecule has 0 spiro atoms. The molecule has 5 rings (SSSR count). The van der Waals surface area contributed by atoms with Gasteiger partial charge >= 0.3 is 12.1 Å². The zero-order chi connectivity index (χ0) is 43.6. The van der Waals surface area contributed by atoms with E-state index in [1.54, 1.807) is 58.1 Å². The maximum Gasteiger partial charge on any atom is 0.410 e. The predicted octanol–water partition coefficient (Wildman–Crippen LogP) is 5.58. The third-order valence-electron chi connectivity index (χ3n) is 12.9. The summed E-state index contributed by atoms with van der Waals surface area (Å²) in [7, 11) is 5.23. The molecule has 5 heterocycles. The summed E-state index contributed by atoms with van der Waals surface area (Å²) in [6.07, 6.45) is 2.35. The molecule has 2 unspecified atom stereocenters. The SMILES string of the molecule is CC[C@H]1OC(=O)[C@H](C)C(=O)[C@H](C)C(OC2O[C@H](C)C[C@H](N(C)C)[C@H]2O)[C@@](C)(OC)C[C@@H](C)C(=O)[C@H](C)[C@H]2N(CCCCn3cnc(-c4cccnc4Cl)c3)C(=O)O[C@]12C. The number of fused-ring (bicyclic) bond motifs is 1. The summed E-state index contributed by atoms with van der Waals surface area (Å²) in [5.74, 6) is -5.02. The van der Waals surface area contributed by atoms with Gasteiger partial charge in [0.05, 0.1) is 35.9 Å². The van der Waals surface area contributed by atoms with E-state index < -0.39 is 83.4 Å². The largest absolute Gasteiger partial charge is 0.458 e. The minimum Gasteiger partial charge on any atom is -0.458 e. The minimum atomic E-state index is -1.42. The number of ketones is 2. The number of aliphatic hydroxyl groups excluding tert-OH is 1.